The number of aromatic carboxylic acids is 1. The van der Waals surface area contributed by atoms with Crippen LogP contribution >= 0.6 is 21.6 Å². The van der Waals surface area contributed by atoms with Gasteiger partial charge in [-0.25, -0.2) is 4.79 Å². The van der Waals surface area contributed by atoms with Crippen molar-refractivity contribution in [2.24, 2.45) is 17.6 Å². The number of phenolic OH excluding ortho intramolecular Hbond substituents is 2. The molecule has 1 aliphatic carbocycles. The molecule has 0 unspecified atom stereocenters. The van der Waals surface area contributed by atoms with E-state index in [0.29, 0.717) is 84.7 Å². The molecule has 39 nitrogen and oxygen atoms in total. The van der Waals surface area contributed by atoms with Crippen molar-refractivity contribution >= 4 is 160 Å². The van der Waals surface area contributed by atoms with Gasteiger partial charge in [0.2, 0.25) is 82.7 Å². The average molecular weight is 2060 g/mol. The maximum Gasteiger partial charge on any atom is 0.336 e. The zero-order valence-electron chi connectivity index (χ0n) is 84.4. The predicted octanol–water partition coefficient (Wildman–Crippen LogP) is 7.36. The molecule has 6 heterocycles. The Morgan fingerprint density at radius 3 is 1.50 bits per heavy atom. The summed E-state index contributed by atoms with van der Waals surface area (Å²) in [6, 6.07) is 28.3. The Morgan fingerprint density at radius 2 is 0.946 bits per heavy atom. The van der Waals surface area contributed by atoms with Crippen LogP contribution in [-0.2, 0) is 92.8 Å². The van der Waals surface area contributed by atoms with E-state index in [2.05, 4.69) is 78.8 Å². The van der Waals surface area contributed by atoms with Crippen LogP contribution in [0.15, 0.2) is 179 Å². The third-order valence-corrected chi connectivity index (χ3v) is 28.9. The lowest BCUT2D eigenvalue weighted by molar-refractivity contribution is -0.148. The summed E-state index contributed by atoms with van der Waals surface area (Å²) in [6.45, 7) is 19.7. The molecular formula is C107H126N18O21S2. The number of para-hydroxylation sites is 3. The number of carbonyl (C=O) groups excluding carboxylic acids is 15. The summed E-state index contributed by atoms with van der Waals surface area (Å²) in [5, 5.41) is 66.7. The number of nitrogens with one attached hydrogen (secondary N) is 15. The lowest BCUT2D eigenvalue weighted by Crippen LogP contribution is -2.68. The Morgan fingerprint density at radius 1 is 0.466 bits per heavy atom. The SMILES string of the molecule is CC(C)[C@H](NC(=O)[C@@H](NC(=O)[C@@H]1CCCN1C(=O)[C@@H]1CCCN1C(=O)[C@H](Cc1c[nH]c2ccccc12)NC(=O)[C@H](Cc1ccc(O)cc1)NC(=O)[C@H](C)NC(=O)[C@H](Cc1c[nH]c2ccccc12)NC(=O)[C@H](Cc1c[nH]c2ccccc12)NC(=O)C(C)(C)NC(=O)C(C)(C)NC(=O)C(C)(C)NC(=O)C(C)(C)NC(=O)CCSSCCNC(=O)c1ccc(-c2c3ccc(=O)cc-3oc3cc(O)ccc23)c(C(=O)O)c1)C(C)C)C(N)=O. The molecule has 9 aromatic rings. The number of hydrogen-bond acceptors (Lipinski definition) is 22. The fraction of sp³-hybridized carbons (Fsp3) is 0.393. The number of benzene rings is 7. The van der Waals surface area contributed by atoms with E-state index in [1.165, 1.54) is 166 Å². The molecule has 2 saturated heterocycles. The Hall–Kier alpha value is -15.6. The zero-order valence-corrected chi connectivity index (χ0v) is 86.0. The summed E-state index contributed by atoms with van der Waals surface area (Å²) in [6.07, 6.45) is 5.34. The van der Waals surface area contributed by atoms with Crippen LogP contribution in [0.25, 0.3) is 66.1 Å². The number of nitrogens with zero attached hydrogens (tertiary/aromatic N) is 2. The number of rotatable bonds is 44. The molecule has 3 aliphatic heterocycles. The molecule has 41 heteroatoms. The van der Waals surface area contributed by atoms with E-state index in [9.17, 15) is 63.3 Å². The number of aromatic nitrogens is 3. The first kappa shape index (κ1) is 110. The molecule has 3 aromatic heterocycles. The first-order valence-electron chi connectivity index (χ1n) is 48.9. The van der Waals surface area contributed by atoms with Crippen LogP contribution in [0.2, 0.25) is 0 Å². The molecule has 0 spiro atoms. The van der Waals surface area contributed by atoms with E-state index in [1.54, 1.807) is 107 Å². The van der Waals surface area contributed by atoms with E-state index in [4.69, 9.17) is 10.2 Å². The molecule has 148 heavy (non-hydrogen) atoms. The van der Waals surface area contributed by atoms with Crippen molar-refractivity contribution in [3.8, 4) is 33.9 Å². The van der Waals surface area contributed by atoms with Crippen molar-refractivity contribution in [1.82, 2.24) is 88.6 Å². The van der Waals surface area contributed by atoms with Crippen LogP contribution in [-0.4, -0.2) is 242 Å². The second-order valence-corrected chi connectivity index (χ2v) is 42.9. The van der Waals surface area contributed by atoms with E-state index >= 15 is 33.6 Å². The number of phenols is 2. The third kappa shape index (κ3) is 26.5. The highest BCUT2D eigenvalue weighted by molar-refractivity contribution is 8.76. The third-order valence-electron chi connectivity index (χ3n) is 26.5. The van der Waals surface area contributed by atoms with Crippen LogP contribution in [0.4, 0.5) is 0 Å². The van der Waals surface area contributed by atoms with Gasteiger partial charge < -0.3 is 114 Å². The topological polar surface area (TPSA) is 588 Å². The Labute approximate surface area is 860 Å². The summed E-state index contributed by atoms with van der Waals surface area (Å²) in [7, 11) is 2.66. The molecule has 4 aliphatic rings. The molecule has 6 aromatic carbocycles. The summed E-state index contributed by atoms with van der Waals surface area (Å²) in [5.41, 5.74) is 3.55. The number of primary amides is 1. The fourth-order valence-electron chi connectivity index (χ4n) is 18.1. The number of likely N-dealkylation sites (tertiary alicyclic amines) is 2. The van der Waals surface area contributed by atoms with Gasteiger partial charge in [0.15, 0.2) is 5.43 Å². The first-order valence-corrected chi connectivity index (χ1v) is 51.4. The maximum absolute atomic E-state index is 15.6. The number of aromatic hydroxyl groups is 2. The molecule has 0 saturated carbocycles. The first-order chi connectivity index (χ1) is 70.1. The van der Waals surface area contributed by atoms with Crippen molar-refractivity contribution in [3.63, 3.8) is 0 Å². The highest BCUT2D eigenvalue weighted by Gasteiger charge is 2.48. The minimum Gasteiger partial charge on any atom is -0.508 e. The standard InChI is InChI=1S/C107H126N18O21S2/c1-56(2)87(89(108)130)118-96(137)88(57(3)4)119-95(136)81-28-20-42-124(81)98(139)82-29-21-43-125(82)97(138)80(50-63-55-112-76-27-19-16-24-69(63)76)116-93(134)77(46-59-30-33-64(126)34-31-59)114-90(131)58(5)113-92(133)78(48-61-53-110-74-25-17-14-22-67(61)74)115-94(135)79(49-62-54-111-75-26-18-15-23-68(62)75)117-100(142)104(6,7)121-102(144)106(10,11)123-103(145)107(12,13)122-101(143)105(8,9)120-85(129)40-44-147-148-45-41-109-91(132)60-32-37-70(73(47-60)99(140)141)86-71-38-35-65(127)51-83(71)146-84-52-66(128)36-39-72(84)86/h14-19,22-27,30-39,47,51-58,77-82,87-88,110-112,126-127H,20-21,28-29,40-46,48-50H2,1-13H3,(H2,108,130)(H,109,132)(H,113,133)(H,114,131)(H,115,135)(H,116,134)(H,117,142)(H,118,137)(H,119,136)(H,120,129)(H,121,144)(H,122,143)(H,123,145)(H,140,141)/t58-,77-,78-,79-,80-,81-,82-,87-,88-/m0/s1. The molecule has 9 atom stereocenters. The molecule has 13 rings (SSSR count). The summed E-state index contributed by atoms with van der Waals surface area (Å²) < 4.78 is 5.92. The Balaban J connectivity index is 0.642. The van der Waals surface area contributed by atoms with Gasteiger partial charge in [-0.1, -0.05) is 122 Å². The predicted molar refractivity (Wildman–Crippen MR) is 559 cm³/mol. The van der Waals surface area contributed by atoms with Gasteiger partial charge in [0, 0.05) is 149 Å². The van der Waals surface area contributed by atoms with Gasteiger partial charge in [0.1, 0.15) is 99.4 Å². The van der Waals surface area contributed by atoms with Crippen molar-refractivity contribution in [3.05, 3.63) is 214 Å². The van der Waals surface area contributed by atoms with Crippen molar-refractivity contribution < 1.29 is 96.4 Å². The van der Waals surface area contributed by atoms with Gasteiger partial charge in [-0.2, -0.15) is 0 Å². The quantitative estimate of drug-likeness (QED) is 0.0101. The number of amides is 15. The number of nitrogens with two attached hydrogens (primary N) is 1. The van der Waals surface area contributed by atoms with Gasteiger partial charge >= 0.3 is 5.97 Å². The average Bonchev–Trinajstić information content (AvgIpc) is 1.08. The Kier molecular flexibility index (Phi) is 34.7. The van der Waals surface area contributed by atoms with Crippen molar-refractivity contribution in [1.29, 1.82) is 0 Å². The normalized spacial score (nSPS) is 15.4. The smallest absolute Gasteiger partial charge is 0.336 e. The van der Waals surface area contributed by atoms with Gasteiger partial charge in [-0.15, -0.1) is 0 Å². The van der Waals surface area contributed by atoms with E-state index in [0.717, 1.165) is 5.39 Å². The summed E-state index contributed by atoms with van der Waals surface area (Å²) in [5.74, 6) is -12.8. The highest BCUT2D eigenvalue weighted by Crippen LogP contribution is 2.43. The molecule has 15 amide bonds. The molecular weight excluding hydrogens is 1940 g/mol. The second kappa shape index (κ2) is 46.9. The Bertz CT molecular complexity index is 6940. The summed E-state index contributed by atoms with van der Waals surface area (Å²) >= 11 is 0. The van der Waals surface area contributed by atoms with Gasteiger partial charge in [0.25, 0.3) is 5.91 Å². The van der Waals surface area contributed by atoms with E-state index in [1.807, 2.05) is 18.2 Å². The van der Waals surface area contributed by atoms with Crippen molar-refractivity contribution in [2.75, 3.05) is 31.1 Å². The maximum atomic E-state index is 15.6. The molecule has 0 radical (unpaired) electrons. The molecule has 2 fully saturated rings. The number of carboxylic acid groups (broad SMARTS) is 1. The number of H-pyrrole nitrogens is 3. The lowest BCUT2D eigenvalue weighted by atomic mass is 9.90. The largest absolute Gasteiger partial charge is 0.508 e. The number of carbonyl (C=O) groups is 16. The minimum absolute atomic E-state index is 0.0500. The number of fused-ring (bicyclic) bond motifs is 5. The number of aromatic amines is 3. The van der Waals surface area contributed by atoms with Gasteiger partial charge in [-0.3, -0.25) is 76.7 Å². The molecule has 0 bridgehead atoms. The van der Waals surface area contributed by atoms with Crippen LogP contribution in [0, 0.1) is 11.8 Å². The van der Waals surface area contributed by atoms with Gasteiger partial charge in [0.05, 0.1) is 5.56 Å². The van der Waals surface area contributed by atoms with Crippen molar-refractivity contribution in [2.45, 2.75) is 224 Å². The van der Waals surface area contributed by atoms with Crippen LogP contribution in [0.1, 0.15) is 165 Å². The van der Waals surface area contributed by atoms with Gasteiger partial charge in [-0.05, 0) is 194 Å². The second-order valence-electron chi connectivity index (χ2n) is 40.2. The zero-order chi connectivity index (χ0) is 107. The fourth-order valence-corrected chi connectivity index (χ4v) is 20.0. The molecule has 782 valence electrons. The van der Waals surface area contributed by atoms with Crippen LogP contribution < -0.4 is 75.0 Å². The number of carboxylic acids is 1. The highest BCUT2D eigenvalue weighted by atomic mass is 33.1. The lowest BCUT2D eigenvalue weighted by Gasteiger charge is -2.36. The van der Waals surface area contributed by atoms with E-state index in [-0.39, 0.29) is 121 Å². The minimum atomic E-state index is -1.90. The van der Waals surface area contributed by atoms with E-state index < -0.39 is 177 Å². The van der Waals surface area contributed by atoms with Crippen LogP contribution in [0.5, 0.6) is 11.5 Å². The molecule has 20 N–H and O–H groups in total. The summed E-state index contributed by atoms with van der Waals surface area (Å²) in [4.78, 5) is 255. The number of hydrogen-bond donors (Lipinski definition) is 19. The van der Waals surface area contributed by atoms with Crippen LogP contribution in [0.3, 0.4) is 0 Å². The monoisotopic (exact) mass is 2060 g/mol.